The minimum atomic E-state index is -0.509. The summed E-state index contributed by atoms with van der Waals surface area (Å²) in [5.74, 6) is 0.792. The third kappa shape index (κ3) is 2.31. The topological polar surface area (TPSA) is 75.8 Å². The van der Waals surface area contributed by atoms with Crippen molar-refractivity contribution in [1.82, 2.24) is 0 Å². The average molecular weight is 423 g/mol. The van der Waals surface area contributed by atoms with E-state index in [1.54, 1.807) is 7.11 Å². The third-order valence-corrected chi connectivity index (χ3v) is 9.72. The lowest BCUT2D eigenvalue weighted by Crippen LogP contribution is -2.76. The molecule has 7 rings (SSSR count). The van der Waals surface area contributed by atoms with E-state index in [-0.39, 0.29) is 47.5 Å². The van der Waals surface area contributed by atoms with Crippen LogP contribution in [0.5, 0.6) is 0 Å². The highest BCUT2D eigenvalue weighted by Gasteiger charge is 2.82. The van der Waals surface area contributed by atoms with Crippen LogP contribution in [0, 0.1) is 28.6 Å². The fraction of sp³-hybridized carbons (Fsp3) is 0.957. The second kappa shape index (κ2) is 6.41. The van der Waals surface area contributed by atoms with Gasteiger partial charge in [0.2, 0.25) is 0 Å². The summed E-state index contributed by atoms with van der Waals surface area (Å²) in [6, 6.07) is 0. The molecule has 168 valence electrons. The summed E-state index contributed by atoms with van der Waals surface area (Å²) in [4.78, 5) is 12.2. The molecule has 5 heterocycles. The van der Waals surface area contributed by atoms with Gasteiger partial charge in [0, 0.05) is 31.8 Å². The van der Waals surface area contributed by atoms with Gasteiger partial charge in [-0.15, -0.1) is 0 Å². The molecule has 0 aromatic heterocycles. The molecule has 2 bridgehead atoms. The van der Waals surface area contributed by atoms with Crippen molar-refractivity contribution in [2.75, 3.05) is 20.3 Å². The van der Waals surface area contributed by atoms with Crippen molar-refractivity contribution in [2.45, 2.75) is 89.4 Å². The summed E-state index contributed by atoms with van der Waals surface area (Å²) in [6.07, 6.45) is 4.10. The molecule has 7 fully saturated rings. The van der Waals surface area contributed by atoms with Gasteiger partial charge in [-0.05, 0) is 37.5 Å². The number of epoxide rings is 1. The summed E-state index contributed by atoms with van der Waals surface area (Å²) >= 11 is 0. The summed E-state index contributed by atoms with van der Waals surface area (Å²) in [5, 5.41) is 0. The molecule has 7 heteroatoms. The number of hydrogen-bond acceptors (Lipinski definition) is 7. The zero-order chi connectivity index (χ0) is 20.9. The van der Waals surface area contributed by atoms with E-state index in [4.69, 9.17) is 28.4 Å². The predicted octanol–water partition coefficient (Wildman–Crippen LogP) is 2.65. The normalized spacial score (nSPS) is 58.5. The van der Waals surface area contributed by atoms with Gasteiger partial charge in [0.05, 0.1) is 30.8 Å². The predicted molar refractivity (Wildman–Crippen MR) is 104 cm³/mol. The highest BCUT2D eigenvalue weighted by atomic mass is 16.7. The standard InChI is InChI=1S/C23H34O7/c1-12-7-18(28-13(2)24)23-16(9-15(29-20(23)25-4)10-22(23)11-27-22)21(12,3)17-8-14-5-6-26-19(14)30-17/h12,14-20H,5-11H2,1-4H3/t12-,14-,15-,16-,17+,18+,19+,20?,21+,22+,23+/m1/s1. The number of esters is 1. The summed E-state index contributed by atoms with van der Waals surface area (Å²) in [7, 11) is 1.71. The van der Waals surface area contributed by atoms with Crippen LogP contribution >= 0.6 is 0 Å². The Morgan fingerprint density at radius 3 is 2.63 bits per heavy atom. The van der Waals surface area contributed by atoms with Crippen molar-refractivity contribution in [1.29, 1.82) is 0 Å². The Kier molecular flexibility index (Phi) is 4.26. The largest absolute Gasteiger partial charge is 0.462 e. The smallest absolute Gasteiger partial charge is 0.302 e. The van der Waals surface area contributed by atoms with Crippen molar-refractivity contribution in [2.24, 2.45) is 28.6 Å². The SMILES string of the molecule is COC1O[C@@H]2C[C@@H]3[C@@](C)([C@@H]4C[C@H]5CCO[C@H]5O4)[C@H](C)C[C@H](OC(C)=O)[C@]13[C@@]1(CO1)C2. The van der Waals surface area contributed by atoms with Crippen LogP contribution in [0.15, 0.2) is 0 Å². The van der Waals surface area contributed by atoms with E-state index in [1.807, 2.05) is 0 Å². The van der Waals surface area contributed by atoms with E-state index < -0.39 is 11.7 Å². The van der Waals surface area contributed by atoms with E-state index in [0.29, 0.717) is 18.4 Å². The monoisotopic (exact) mass is 422 g/mol. The summed E-state index contributed by atoms with van der Waals surface area (Å²) < 4.78 is 37.1. The Morgan fingerprint density at radius 1 is 1.17 bits per heavy atom. The highest BCUT2D eigenvalue weighted by molar-refractivity contribution is 5.66. The van der Waals surface area contributed by atoms with Crippen LogP contribution in [0.1, 0.15) is 52.9 Å². The molecule has 0 aromatic rings. The van der Waals surface area contributed by atoms with Gasteiger partial charge >= 0.3 is 5.97 Å². The van der Waals surface area contributed by atoms with E-state index in [9.17, 15) is 4.79 Å². The van der Waals surface area contributed by atoms with Crippen molar-refractivity contribution >= 4 is 5.97 Å². The van der Waals surface area contributed by atoms with Crippen LogP contribution in [0.4, 0.5) is 0 Å². The maximum atomic E-state index is 12.2. The molecular formula is C23H34O7. The molecule has 0 amide bonds. The fourth-order valence-corrected chi connectivity index (χ4v) is 8.20. The van der Waals surface area contributed by atoms with E-state index >= 15 is 0 Å². The number of hydrogen-bond donors (Lipinski definition) is 0. The van der Waals surface area contributed by atoms with Gasteiger partial charge in [-0.3, -0.25) is 4.79 Å². The van der Waals surface area contributed by atoms with E-state index in [0.717, 1.165) is 38.7 Å². The Morgan fingerprint density at radius 2 is 1.97 bits per heavy atom. The Labute approximate surface area is 178 Å². The molecule has 0 aromatic carbocycles. The molecule has 1 unspecified atom stereocenters. The first-order valence-electron chi connectivity index (χ1n) is 11.6. The van der Waals surface area contributed by atoms with Crippen LogP contribution in [0.25, 0.3) is 0 Å². The molecule has 7 nitrogen and oxygen atoms in total. The second-order valence-electron chi connectivity index (χ2n) is 10.8. The molecule has 7 aliphatic rings. The first-order valence-corrected chi connectivity index (χ1v) is 11.6. The number of ether oxygens (including phenoxy) is 6. The minimum absolute atomic E-state index is 0.0671. The third-order valence-electron chi connectivity index (χ3n) is 9.72. The molecule has 2 spiro atoms. The van der Waals surface area contributed by atoms with Crippen molar-refractivity contribution < 1.29 is 33.2 Å². The number of carbonyl (C=O) groups excluding carboxylic acids is 1. The molecule has 0 N–H and O–H groups in total. The van der Waals surface area contributed by atoms with Crippen molar-refractivity contribution in [3.05, 3.63) is 0 Å². The second-order valence-corrected chi connectivity index (χ2v) is 10.8. The molecular weight excluding hydrogens is 388 g/mol. The maximum Gasteiger partial charge on any atom is 0.302 e. The zero-order valence-corrected chi connectivity index (χ0v) is 18.4. The first kappa shape index (κ1) is 19.9. The summed E-state index contributed by atoms with van der Waals surface area (Å²) in [5.41, 5.74) is -0.931. The fourth-order valence-electron chi connectivity index (χ4n) is 8.20. The minimum Gasteiger partial charge on any atom is -0.462 e. The van der Waals surface area contributed by atoms with Gasteiger partial charge < -0.3 is 28.4 Å². The Hall–Kier alpha value is -0.730. The first-order chi connectivity index (χ1) is 14.3. The van der Waals surface area contributed by atoms with Gasteiger partial charge in [0.1, 0.15) is 11.7 Å². The van der Waals surface area contributed by atoms with Gasteiger partial charge in [-0.25, -0.2) is 0 Å². The number of rotatable bonds is 3. The lowest BCUT2D eigenvalue weighted by molar-refractivity contribution is -0.380. The molecule has 5 saturated heterocycles. The maximum absolute atomic E-state index is 12.2. The van der Waals surface area contributed by atoms with Gasteiger partial charge in [0.15, 0.2) is 12.6 Å². The molecule has 11 atom stereocenters. The molecule has 30 heavy (non-hydrogen) atoms. The molecule has 5 aliphatic heterocycles. The number of fused-ring (bicyclic) bond motifs is 2. The number of carbonyl (C=O) groups is 1. The van der Waals surface area contributed by atoms with Crippen LogP contribution in [0.2, 0.25) is 0 Å². The Bertz CT molecular complexity index is 725. The Balaban J connectivity index is 1.46. The molecule has 0 radical (unpaired) electrons. The molecule has 2 aliphatic carbocycles. The summed E-state index contributed by atoms with van der Waals surface area (Å²) in [6.45, 7) is 7.68. The van der Waals surface area contributed by atoms with Crippen LogP contribution in [0.3, 0.4) is 0 Å². The quantitative estimate of drug-likeness (QED) is 0.511. The molecule has 2 saturated carbocycles. The van der Waals surface area contributed by atoms with Gasteiger partial charge in [-0.2, -0.15) is 0 Å². The van der Waals surface area contributed by atoms with Crippen molar-refractivity contribution in [3.63, 3.8) is 0 Å². The highest BCUT2D eigenvalue weighted by Crippen LogP contribution is 2.74. The van der Waals surface area contributed by atoms with Crippen LogP contribution < -0.4 is 0 Å². The van der Waals surface area contributed by atoms with Gasteiger partial charge in [0.25, 0.3) is 0 Å². The van der Waals surface area contributed by atoms with E-state index in [1.165, 1.54) is 6.92 Å². The number of methoxy groups -OCH3 is 1. The zero-order valence-electron chi connectivity index (χ0n) is 18.4. The van der Waals surface area contributed by atoms with Crippen molar-refractivity contribution in [3.8, 4) is 0 Å². The average Bonchev–Trinajstić information content (AvgIpc) is 3.12. The lowest BCUT2D eigenvalue weighted by atomic mass is 9.40. The van der Waals surface area contributed by atoms with Crippen LogP contribution in [-0.2, 0) is 33.2 Å². The van der Waals surface area contributed by atoms with E-state index in [2.05, 4.69) is 13.8 Å². The lowest BCUT2D eigenvalue weighted by Gasteiger charge is -2.69. The van der Waals surface area contributed by atoms with Gasteiger partial charge in [-0.1, -0.05) is 13.8 Å². The van der Waals surface area contributed by atoms with Crippen LogP contribution in [-0.4, -0.2) is 62.8 Å².